The summed E-state index contributed by atoms with van der Waals surface area (Å²) in [6.45, 7) is 6.37. The van der Waals surface area contributed by atoms with Gasteiger partial charge < -0.3 is 4.74 Å². The van der Waals surface area contributed by atoms with Crippen molar-refractivity contribution < 1.29 is 4.74 Å². The van der Waals surface area contributed by atoms with E-state index in [2.05, 4.69) is 69.7 Å². The van der Waals surface area contributed by atoms with Crippen LogP contribution in [0.1, 0.15) is 30.9 Å². The normalized spacial score (nSPS) is 10.8. The molecule has 0 radical (unpaired) electrons. The van der Waals surface area contributed by atoms with Gasteiger partial charge in [-0.3, -0.25) is 0 Å². The molecule has 1 aromatic carbocycles. The van der Waals surface area contributed by atoms with Crippen LogP contribution in [-0.2, 0) is 0 Å². The molecule has 19 heavy (non-hydrogen) atoms. The fraction of sp³-hybridized carbons (Fsp3) is 0.267. The molecule has 100 valence electrons. The van der Waals surface area contributed by atoms with Crippen LogP contribution in [0.4, 0.5) is 0 Å². The van der Waals surface area contributed by atoms with Crippen molar-refractivity contribution in [1.82, 2.24) is 4.98 Å². The van der Waals surface area contributed by atoms with Gasteiger partial charge in [-0.1, -0.05) is 26.0 Å². The van der Waals surface area contributed by atoms with Crippen molar-refractivity contribution in [2.45, 2.75) is 26.7 Å². The fourth-order valence-corrected chi connectivity index (χ4v) is 2.86. The summed E-state index contributed by atoms with van der Waals surface area (Å²) in [6, 6.07) is 8.19. The molecule has 1 heterocycles. The summed E-state index contributed by atoms with van der Waals surface area (Å²) >= 11 is 6.85. The number of ether oxygens (including phenoxy) is 1. The van der Waals surface area contributed by atoms with E-state index in [9.17, 15) is 0 Å². The zero-order chi connectivity index (χ0) is 14.0. The Hall–Kier alpha value is -0.870. The first-order chi connectivity index (χ1) is 8.97. The third-order valence-corrected chi connectivity index (χ3v) is 3.77. The largest absolute Gasteiger partial charge is 0.438 e. The molecule has 0 fully saturated rings. The molecule has 2 aromatic rings. The standard InChI is InChI=1S/C15H15Br2NO/c1-9(2)12-5-4-10(3)6-14(12)19-15-13(17)7-11(16)8-18-15/h4-9H,1-3H3. The van der Waals surface area contributed by atoms with Crippen molar-refractivity contribution in [1.29, 1.82) is 0 Å². The van der Waals surface area contributed by atoms with Gasteiger partial charge in [0, 0.05) is 10.7 Å². The number of halogens is 2. The van der Waals surface area contributed by atoms with Crippen molar-refractivity contribution in [3.63, 3.8) is 0 Å². The molecule has 0 saturated carbocycles. The van der Waals surface area contributed by atoms with E-state index in [-0.39, 0.29) is 0 Å². The monoisotopic (exact) mass is 383 g/mol. The van der Waals surface area contributed by atoms with Gasteiger partial charge in [-0.05, 0) is 68.0 Å². The van der Waals surface area contributed by atoms with E-state index in [0.717, 1.165) is 14.7 Å². The summed E-state index contributed by atoms with van der Waals surface area (Å²) < 4.78 is 7.71. The molecule has 0 aliphatic heterocycles. The van der Waals surface area contributed by atoms with Crippen molar-refractivity contribution in [3.8, 4) is 11.6 Å². The Balaban J connectivity index is 2.39. The predicted octanol–water partition coefficient (Wildman–Crippen LogP) is 5.83. The van der Waals surface area contributed by atoms with Crippen LogP contribution in [0.25, 0.3) is 0 Å². The van der Waals surface area contributed by atoms with Gasteiger partial charge in [-0.15, -0.1) is 0 Å². The van der Waals surface area contributed by atoms with Gasteiger partial charge in [0.05, 0.1) is 4.47 Å². The summed E-state index contributed by atoms with van der Waals surface area (Å²) in [6.07, 6.45) is 1.73. The number of aromatic nitrogens is 1. The molecule has 0 saturated heterocycles. The molecule has 4 heteroatoms. The number of aryl methyl sites for hydroxylation is 1. The zero-order valence-electron chi connectivity index (χ0n) is 11.1. The minimum atomic E-state index is 0.407. The van der Waals surface area contributed by atoms with Crippen LogP contribution in [0.15, 0.2) is 39.4 Å². The number of hydrogen-bond acceptors (Lipinski definition) is 2. The van der Waals surface area contributed by atoms with Crippen LogP contribution in [0.3, 0.4) is 0 Å². The Bertz CT molecular complexity index is 597. The number of pyridine rings is 1. The van der Waals surface area contributed by atoms with Gasteiger partial charge in [-0.25, -0.2) is 4.98 Å². The molecule has 0 aliphatic carbocycles. The molecule has 0 atom stereocenters. The molecule has 2 nitrogen and oxygen atoms in total. The topological polar surface area (TPSA) is 22.1 Å². The SMILES string of the molecule is Cc1ccc(C(C)C)c(Oc2ncc(Br)cc2Br)c1. The van der Waals surface area contributed by atoms with Crippen LogP contribution in [0, 0.1) is 6.92 Å². The van der Waals surface area contributed by atoms with Gasteiger partial charge in [-0.2, -0.15) is 0 Å². The number of rotatable bonds is 3. The molecule has 0 bridgehead atoms. The second-order valence-corrected chi connectivity index (χ2v) is 6.51. The van der Waals surface area contributed by atoms with E-state index in [1.54, 1.807) is 6.20 Å². The predicted molar refractivity (Wildman–Crippen MR) is 85.0 cm³/mol. The highest BCUT2D eigenvalue weighted by Gasteiger charge is 2.11. The molecule has 0 amide bonds. The molecule has 0 aliphatic rings. The number of nitrogens with zero attached hydrogens (tertiary/aromatic N) is 1. The molecule has 0 spiro atoms. The number of hydrogen-bond donors (Lipinski definition) is 0. The van der Waals surface area contributed by atoms with Gasteiger partial charge >= 0.3 is 0 Å². The quantitative estimate of drug-likeness (QED) is 0.663. The first kappa shape index (κ1) is 14.5. The molecular formula is C15H15Br2NO. The Labute approximate surface area is 130 Å². The van der Waals surface area contributed by atoms with E-state index in [4.69, 9.17) is 4.74 Å². The lowest BCUT2D eigenvalue weighted by Crippen LogP contribution is -1.96. The average molecular weight is 385 g/mol. The smallest absolute Gasteiger partial charge is 0.233 e. The molecule has 1 aromatic heterocycles. The van der Waals surface area contributed by atoms with Gasteiger partial charge in [0.25, 0.3) is 0 Å². The van der Waals surface area contributed by atoms with Crippen LogP contribution in [0.2, 0.25) is 0 Å². The second-order valence-electron chi connectivity index (χ2n) is 4.74. The molecule has 2 rings (SSSR count). The first-order valence-corrected chi connectivity index (χ1v) is 7.65. The van der Waals surface area contributed by atoms with E-state index in [1.807, 2.05) is 12.1 Å². The summed E-state index contributed by atoms with van der Waals surface area (Å²) in [7, 11) is 0. The van der Waals surface area contributed by atoms with E-state index < -0.39 is 0 Å². The lowest BCUT2D eigenvalue weighted by molar-refractivity contribution is 0.450. The molecular weight excluding hydrogens is 370 g/mol. The number of benzene rings is 1. The van der Waals surface area contributed by atoms with E-state index in [1.165, 1.54) is 11.1 Å². The van der Waals surface area contributed by atoms with E-state index >= 15 is 0 Å². The van der Waals surface area contributed by atoms with Crippen molar-refractivity contribution in [2.24, 2.45) is 0 Å². The van der Waals surface area contributed by atoms with Crippen molar-refractivity contribution >= 4 is 31.9 Å². The highest BCUT2D eigenvalue weighted by atomic mass is 79.9. The minimum absolute atomic E-state index is 0.407. The van der Waals surface area contributed by atoms with Crippen LogP contribution < -0.4 is 4.74 Å². The average Bonchev–Trinajstić information content (AvgIpc) is 2.32. The lowest BCUT2D eigenvalue weighted by Gasteiger charge is -2.14. The molecule has 0 N–H and O–H groups in total. The van der Waals surface area contributed by atoms with E-state index in [0.29, 0.717) is 11.8 Å². The summed E-state index contributed by atoms with van der Waals surface area (Å²) in [4.78, 5) is 4.29. The molecule has 0 unspecified atom stereocenters. The third-order valence-electron chi connectivity index (χ3n) is 2.77. The second kappa shape index (κ2) is 6.06. The Morgan fingerprint density at radius 1 is 1.16 bits per heavy atom. The maximum absolute atomic E-state index is 5.96. The Kier molecular flexibility index (Phi) is 4.63. The first-order valence-electron chi connectivity index (χ1n) is 6.07. The minimum Gasteiger partial charge on any atom is -0.438 e. The maximum Gasteiger partial charge on any atom is 0.233 e. The van der Waals surface area contributed by atoms with Crippen LogP contribution in [0.5, 0.6) is 11.6 Å². The summed E-state index contributed by atoms with van der Waals surface area (Å²) in [5.41, 5.74) is 2.36. The Morgan fingerprint density at radius 2 is 1.89 bits per heavy atom. The fourth-order valence-electron chi connectivity index (χ4n) is 1.79. The maximum atomic E-state index is 5.96. The van der Waals surface area contributed by atoms with Crippen molar-refractivity contribution in [2.75, 3.05) is 0 Å². The summed E-state index contributed by atoms with van der Waals surface area (Å²) in [5, 5.41) is 0. The van der Waals surface area contributed by atoms with Crippen LogP contribution >= 0.6 is 31.9 Å². The highest BCUT2D eigenvalue weighted by molar-refractivity contribution is 9.11. The van der Waals surface area contributed by atoms with Crippen LogP contribution in [-0.4, -0.2) is 4.98 Å². The highest BCUT2D eigenvalue weighted by Crippen LogP contribution is 2.34. The van der Waals surface area contributed by atoms with Crippen molar-refractivity contribution in [3.05, 3.63) is 50.5 Å². The van der Waals surface area contributed by atoms with Gasteiger partial charge in [0.1, 0.15) is 5.75 Å². The third kappa shape index (κ3) is 3.57. The Morgan fingerprint density at radius 3 is 2.53 bits per heavy atom. The zero-order valence-corrected chi connectivity index (χ0v) is 14.2. The summed E-state index contributed by atoms with van der Waals surface area (Å²) in [5.74, 6) is 1.85. The van der Waals surface area contributed by atoms with Gasteiger partial charge in [0.2, 0.25) is 5.88 Å². The lowest BCUT2D eigenvalue weighted by atomic mass is 10.0. The van der Waals surface area contributed by atoms with Gasteiger partial charge in [0.15, 0.2) is 0 Å².